The van der Waals surface area contributed by atoms with Gasteiger partial charge in [0.2, 0.25) is 5.91 Å². The SMILES string of the molecule is COCCN(CCN)CC(=O)NC(C)C(C)C. The van der Waals surface area contributed by atoms with E-state index in [1.54, 1.807) is 7.11 Å². The van der Waals surface area contributed by atoms with E-state index in [4.69, 9.17) is 10.5 Å². The van der Waals surface area contributed by atoms with Gasteiger partial charge in [0.15, 0.2) is 0 Å². The van der Waals surface area contributed by atoms with E-state index in [0.717, 1.165) is 6.54 Å². The van der Waals surface area contributed by atoms with Crippen molar-refractivity contribution in [1.82, 2.24) is 10.2 Å². The van der Waals surface area contributed by atoms with Crippen LogP contribution in [0.4, 0.5) is 0 Å². The Hall–Kier alpha value is -0.650. The van der Waals surface area contributed by atoms with Crippen LogP contribution in [0.15, 0.2) is 0 Å². The Balaban J connectivity index is 4.02. The Labute approximate surface area is 105 Å². The molecule has 0 aromatic heterocycles. The normalized spacial score (nSPS) is 13.1. The zero-order chi connectivity index (χ0) is 13.3. The first-order valence-electron chi connectivity index (χ1n) is 6.22. The van der Waals surface area contributed by atoms with E-state index in [-0.39, 0.29) is 11.9 Å². The number of hydrogen-bond donors (Lipinski definition) is 2. The molecule has 102 valence electrons. The summed E-state index contributed by atoms with van der Waals surface area (Å²) in [4.78, 5) is 13.8. The Morgan fingerprint density at radius 2 is 2.00 bits per heavy atom. The minimum absolute atomic E-state index is 0.0516. The van der Waals surface area contributed by atoms with Crippen molar-refractivity contribution in [2.24, 2.45) is 11.7 Å². The number of carbonyl (C=O) groups excluding carboxylic acids is 1. The van der Waals surface area contributed by atoms with Crippen LogP contribution in [0.25, 0.3) is 0 Å². The van der Waals surface area contributed by atoms with E-state index in [9.17, 15) is 4.79 Å². The molecule has 0 saturated carbocycles. The second-order valence-corrected chi connectivity index (χ2v) is 4.66. The average Bonchev–Trinajstić information content (AvgIpc) is 2.25. The van der Waals surface area contributed by atoms with Crippen molar-refractivity contribution < 1.29 is 9.53 Å². The van der Waals surface area contributed by atoms with Gasteiger partial charge in [-0.25, -0.2) is 0 Å². The smallest absolute Gasteiger partial charge is 0.234 e. The molecular weight excluding hydrogens is 218 g/mol. The molecule has 0 aliphatic rings. The van der Waals surface area contributed by atoms with Crippen LogP contribution >= 0.6 is 0 Å². The van der Waals surface area contributed by atoms with Gasteiger partial charge in [-0.05, 0) is 12.8 Å². The van der Waals surface area contributed by atoms with Crippen molar-refractivity contribution in [1.29, 1.82) is 0 Å². The lowest BCUT2D eigenvalue weighted by Crippen LogP contribution is -2.44. The Kier molecular flexibility index (Phi) is 9.03. The third-order valence-electron chi connectivity index (χ3n) is 2.81. The second kappa shape index (κ2) is 9.39. The molecule has 0 radical (unpaired) electrons. The van der Waals surface area contributed by atoms with Crippen LogP contribution in [0.2, 0.25) is 0 Å². The molecule has 0 saturated heterocycles. The minimum Gasteiger partial charge on any atom is -0.383 e. The summed E-state index contributed by atoms with van der Waals surface area (Å²) in [6.45, 7) is 9.21. The molecule has 1 amide bonds. The molecule has 0 rings (SSSR count). The maximum Gasteiger partial charge on any atom is 0.234 e. The van der Waals surface area contributed by atoms with Crippen LogP contribution < -0.4 is 11.1 Å². The zero-order valence-electron chi connectivity index (χ0n) is 11.5. The van der Waals surface area contributed by atoms with E-state index < -0.39 is 0 Å². The number of amides is 1. The Morgan fingerprint density at radius 1 is 1.35 bits per heavy atom. The van der Waals surface area contributed by atoms with Crippen LogP contribution in [0, 0.1) is 5.92 Å². The maximum absolute atomic E-state index is 11.8. The van der Waals surface area contributed by atoms with Crippen LogP contribution in [-0.2, 0) is 9.53 Å². The van der Waals surface area contributed by atoms with E-state index in [0.29, 0.717) is 32.2 Å². The predicted octanol–water partition coefficient (Wildman–Crippen LogP) is 0.0542. The number of hydrogen-bond acceptors (Lipinski definition) is 4. The number of rotatable bonds is 9. The summed E-state index contributed by atoms with van der Waals surface area (Å²) >= 11 is 0. The minimum atomic E-state index is 0.0516. The summed E-state index contributed by atoms with van der Waals surface area (Å²) in [6.07, 6.45) is 0. The summed E-state index contributed by atoms with van der Waals surface area (Å²) in [7, 11) is 1.65. The van der Waals surface area contributed by atoms with Crippen LogP contribution in [-0.4, -0.2) is 56.7 Å². The number of nitrogens with two attached hydrogens (primary N) is 1. The van der Waals surface area contributed by atoms with Gasteiger partial charge in [-0.1, -0.05) is 13.8 Å². The summed E-state index contributed by atoms with van der Waals surface area (Å²) < 4.78 is 5.01. The first-order chi connectivity index (χ1) is 8.01. The highest BCUT2D eigenvalue weighted by Crippen LogP contribution is 1.99. The number of nitrogens with zero attached hydrogens (tertiary/aromatic N) is 1. The fourth-order valence-corrected chi connectivity index (χ4v) is 1.34. The molecule has 0 aromatic rings. The topological polar surface area (TPSA) is 67.6 Å². The standard InChI is InChI=1S/C12H27N3O2/c1-10(2)11(3)14-12(16)9-15(6-5-13)7-8-17-4/h10-11H,5-9,13H2,1-4H3,(H,14,16). The van der Waals surface area contributed by atoms with Crippen molar-refractivity contribution in [3.05, 3.63) is 0 Å². The molecule has 0 aromatic carbocycles. The predicted molar refractivity (Wildman–Crippen MR) is 69.8 cm³/mol. The fraction of sp³-hybridized carbons (Fsp3) is 0.917. The van der Waals surface area contributed by atoms with Gasteiger partial charge in [-0.2, -0.15) is 0 Å². The summed E-state index contributed by atoms with van der Waals surface area (Å²) in [5.41, 5.74) is 5.51. The summed E-state index contributed by atoms with van der Waals surface area (Å²) in [6, 6.07) is 0.199. The third-order valence-corrected chi connectivity index (χ3v) is 2.81. The number of nitrogens with one attached hydrogen (secondary N) is 1. The largest absolute Gasteiger partial charge is 0.383 e. The lowest BCUT2D eigenvalue weighted by Gasteiger charge is -2.23. The van der Waals surface area contributed by atoms with Crippen LogP contribution in [0.3, 0.4) is 0 Å². The summed E-state index contributed by atoms with van der Waals surface area (Å²) in [5.74, 6) is 0.497. The lowest BCUT2D eigenvalue weighted by molar-refractivity contribution is -0.123. The van der Waals surface area contributed by atoms with Gasteiger partial charge in [0.1, 0.15) is 0 Å². The fourth-order valence-electron chi connectivity index (χ4n) is 1.34. The van der Waals surface area contributed by atoms with Gasteiger partial charge >= 0.3 is 0 Å². The quantitative estimate of drug-likeness (QED) is 0.602. The molecule has 1 atom stereocenters. The molecule has 3 N–H and O–H groups in total. The first kappa shape index (κ1) is 16.4. The van der Waals surface area contributed by atoms with Crippen molar-refractivity contribution in [3.8, 4) is 0 Å². The lowest BCUT2D eigenvalue weighted by atomic mass is 10.1. The molecule has 1 unspecified atom stereocenters. The third kappa shape index (κ3) is 8.12. The van der Waals surface area contributed by atoms with Gasteiger partial charge in [-0.15, -0.1) is 0 Å². The van der Waals surface area contributed by atoms with Gasteiger partial charge in [0.05, 0.1) is 13.2 Å². The number of carbonyl (C=O) groups is 1. The monoisotopic (exact) mass is 245 g/mol. The maximum atomic E-state index is 11.8. The first-order valence-corrected chi connectivity index (χ1v) is 6.22. The molecule has 0 spiro atoms. The Morgan fingerprint density at radius 3 is 2.47 bits per heavy atom. The molecule has 0 aliphatic heterocycles. The summed E-state index contributed by atoms with van der Waals surface area (Å²) in [5, 5.41) is 2.98. The van der Waals surface area contributed by atoms with Crippen LogP contribution in [0.5, 0.6) is 0 Å². The second-order valence-electron chi connectivity index (χ2n) is 4.66. The molecule has 5 nitrogen and oxygen atoms in total. The Bertz CT molecular complexity index is 210. The van der Waals surface area contributed by atoms with Gasteiger partial charge in [0, 0.05) is 32.8 Å². The van der Waals surface area contributed by atoms with Crippen molar-refractivity contribution in [2.45, 2.75) is 26.8 Å². The highest BCUT2D eigenvalue weighted by atomic mass is 16.5. The highest BCUT2D eigenvalue weighted by molar-refractivity contribution is 5.78. The van der Waals surface area contributed by atoms with Gasteiger partial charge in [0.25, 0.3) is 0 Å². The van der Waals surface area contributed by atoms with E-state index >= 15 is 0 Å². The molecule has 0 aliphatic carbocycles. The van der Waals surface area contributed by atoms with Crippen LogP contribution in [0.1, 0.15) is 20.8 Å². The van der Waals surface area contributed by atoms with E-state index in [2.05, 4.69) is 19.2 Å². The molecule has 0 bridgehead atoms. The molecular formula is C12H27N3O2. The molecule has 0 heterocycles. The highest BCUT2D eigenvalue weighted by Gasteiger charge is 2.13. The van der Waals surface area contributed by atoms with E-state index in [1.165, 1.54) is 0 Å². The van der Waals surface area contributed by atoms with Crippen molar-refractivity contribution >= 4 is 5.91 Å². The molecule has 5 heteroatoms. The zero-order valence-corrected chi connectivity index (χ0v) is 11.5. The molecule has 17 heavy (non-hydrogen) atoms. The average molecular weight is 245 g/mol. The number of ether oxygens (including phenoxy) is 1. The van der Waals surface area contributed by atoms with Gasteiger partial charge < -0.3 is 15.8 Å². The van der Waals surface area contributed by atoms with E-state index in [1.807, 2.05) is 11.8 Å². The van der Waals surface area contributed by atoms with Crippen molar-refractivity contribution in [2.75, 3.05) is 39.9 Å². The van der Waals surface area contributed by atoms with Crippen molar-refractivity contribution in [3.63, 3.8) is 0 Å². The van der Waals surface area contributed by atoms with Gasteiger partial charge in [-0.3, -0.25) is 9.69 Å². The number of methoxy groups -OCH3 is 1. The molecule has 0 fully saturated rings.